The van der Waals surface area contributed by atoms with Crippen molar-refractivity contribution in [1.82, 2.24) is 9.97 Å². The van der Waals surface area contributed by atoms with Gasteiger partial charge >= 0.3 is 0 Å². The fourth-order valence-corrected chi connectivity index (χ4v) is 2.55. The van der Waals surface area contributed by atoms with Crippen molar-refractivity contribution in [3.8, 4) is 0 Å². The second-order valence-corrected chi connectivity index (χ2v) is 6.10. The van der Waals surface area contributed by atoms with Crippen LogP contribution in [0.25, 0.3) is 0 Å². The lowest BCUT2D eigenvalue weighted by Gasteiger charge is -2.31. The third kappa shape index (κ3) is 3.64. The van der Waals surface area contributed by atoms with Crippen molar-refractivity contribution < 1.29 is 0 Å². The Balaban J connectivity index is 2.38. The fraction of sp³-hybridized carbons (Fsp3) is 0.750. The predicted octanol–water partition coefficient (Wildman–Crippen LogP) is 3.35. The molecule has 1 aromatic rings. The number of nitrogens with zero attached hydrogens (tertiary/aromatic N) is 3. The van der Waals surface area contributed by atoms with Crippen LogP contribution >= 0.6 is 0 Å². The van der Waals surface area contributed by atoms with Gasteiger partial charge in [-0.05, 0) is 39.5 Å². The fourth-order valence-electron chi connectivity index (χ4n) is 2.55. The Morgan fingerprint density at radius 1 is 1.33 bits per heavy atom. The van der Waals surface area contributed by atoms with Gasteiger partial charge in [0.1, 0.15) is 17.5 Å². The highest BCUT2D eigenvalue weighted by Crippen LogP contribution is 2.40. The van der Waals surface area contributed by atoms with Gasteiger partial charge < -0.3 is 10.3 Å². The predicted molar refractivity (Wildman–Crippen MR) is 88.6 cm³/mol. The quantitative estimate of drug-likeness (QED) is 0.568. The van der Waals surface area contributed by atoms with Crippen LogP contribution in [-0.4, -0.2) is 22.6 Å². The minimum Gasteiger partial charge on any atom is -0.354 e. The van der Waals surface area contributed by atoms with Gasteiger partial charge in [-0.25, -0.2) is 15.8 Å². The summed E-state index contributed by atoms with van der Waals surface area (Å²) in [6.07, 6.45) is 5.87. The first-order valence-corrected chi connectivity index (χ1v) is 8.24. The number of hydrogen-bond donors (Lipinski definition) is 2. The molecule has 1 heterocycles. The molecule has 0 radical (unpaired) electrons. The third-order valence-electron chi connectivity index (χ3n) is 4.36. The molecule has 118 valence electrons. The summed E-state index contributed by atoms with van der Waals surface area (Å²) in [5.41, 5.74) is 3.80. The van der Waals surface area contributed by atoms with Crippen LogP contribution in [0.3, 0.4) is 0 Å². The van der Waals surface area contributed by atoms with Crippen molar-refractivity contribution in [2.45, 2.75) is 71.8 Å². The minimum absolute atomic E-state index is 0.475. The normalized spacial score (nSPS) is 15.9. The van der Waals surface area contributed by atoms with Gasteiger partial charge in [-0.1, -0.05) is 20.3 Å². The maximum Gasteiger partial charge on any atom is 0.148 e. The minimum atomic E-state index is 0.475. The number of nitrogen functional groups attached to an aromatic ring is 1. The maximum absolute atomic E-state index is 5.66. The Hall–Kier alpha value is -1.36. The standard InChI is InChI=1S/C16H29N5/c1-5-7-10-21(11(3)6-2)16-12(4)14(20-17)18-15(19-16)13-8-9-13/h11,13H,5-10,17H2,1-4H3,(H,18,19,20). The molecule has 1 unspecified atom stereocenters. The highest BCUT2D eigenvalue weighted by molar-refractivity contribution is 5.59. The summed E-state index contributed by atoms with van der Waals surface area (Å²) in [7, 11) is 0. The molecule has 3 N–H and O–H groups in total. The van der Waals surface area contributed by atoms with Crippen molar-refractivity contribution in [3.63, 3.8) is 0 Å². The van der Waals surface area contributed by atoms with Crippen LogP contribution in [0.5, 0.6) is 0 Å². The number of unbranched alkanes of at least 4 members (excludes halogenated alkanes) is 1. The Labute approximate surface area is 128 Å². The first-order valence-electron chi connectivity index (χ1n) is 8.24. The molecular weight excluding hydrogens is 262 g/mol. The number of hydrazine groups is 1. The number of anilines is 2. The average molecular weight is 291 g/mol. The van der Waals surface area contributed by atoms with Crippen molar-refractivity contribution in [2.75, 3.05) is 16.9 Å². The molecule has 5 nitrogen and oxygen atoms in total. The van der Waals surface area contributed by atoms with Crippen LogP contribution < -0.4 is 16.2 Å². The lowest BCUT2D eigenvalue weighted by Crippen LogP contribution is -2.35. The van der Waals surface area contributed by atoms with Gasteiger partial charge in [-0.3, -0.25) is 0 Å². The van der Waals surface area contributed by atoms with Gasteiger partial charge in [-0.2, -0.15) is 0 Å². The van der Waals surface area contributed by atoms with Gasteiger partial charge in [-0.15, -0.1) is 0 Å². The Kier molecular flexibility index (Phi) is 5.39. The zero-order chi connectivity index (χ0) is 15.4. The van der Waals surface area contributed by atoms with Crippen LogP contribution in [0.4, 0.5) is 11.6 Å². The van der Waals surface area contributed by atoms with Crippen LogP contribution in [0, 0.1) is 6.92 Å². The molecule has 0 aromatic carbocycles. The molecule has 2 rings (SSSR count). The average Bonchev–Trinajstić information content (AvgIpc) is 3.33. The van der Waals surface area contributed by atoms with E-state index in [2.05, 4.69) is 43.0 Å². The maximum atomic E-state index is 5.66. The van der Waals surface area contributed by atoms with E-state index in [1.165, 1.54) is 25.7 Å². The van der Waals surface area contributed by atoms with Crippen molar-refractivity contribution >= 4 is 11.6 Å². The summed E-state index contributed by atoms with van der Waals surface area (Å²) in [6, 6.07) is 0.475. The smallest absolute Gasteiger partial charge is 0.148 e. The summed E-state index contributed by atoms with van der Waals surface area (Å²) in [4.78, 5) is 11.9. The molecule has 5 heteroatoms. The number of nitrogens with two attached hydrogens (primary N) is 1. The Bertz CT molecular complexity index is 470. The molecule has 1 atom stereocenters. The number of aromatic nitrogens is 2. The number of rotatable bonds is 8. The van der Waals surface area contributed by atoms with Crippen molar-refractivity contribution in [2.24, 2.45) is 5.84 Å². The molecule has 1 aliphatic rings. The lowest BCUT2D eigenvalue weighted by atomic mass is 10.1. The second kappa shape index (κ2) is 7.07. The zero-order valence-electron chi connectivity index (χ0n) is 13.8. The molecule has 0 amide bonds. The second-order valence-electron chi connectivity index (χ2n) is 6.10. The molecule has 1 fully saturated rings. The monoisotopic (exact) mass is 291 g/mol. The van der Waals surface area contributed by atoms with E-state index < -0.39 is 0 Å². The summed E-state index contributed by atoms with van der Waals surface area (Å²) < 4.78 is 0. The van der Waals surface area contributed by atoms with Crippen LogP contribution in [-0.2, 0) is 0 Å². The van der Waals surface area contributed by atoms with E-state index in [0.29, 0.717) is 12.0 Å². The van der Waals surface area contributed by atoms with Crippen molar-refractivity contribution in [1.29, 1.82) is 0 Å². The SMILES string of the molecule is CCCCN(c1nc(C2CC2)nc(NN)c1C)C(C)CC. The molecule has 1 saturated carbocycles. The van der Waals surface area contributed by atoms with Crippen LogP contribution in [0.15, 0.2) is 0 Å². The Morgan fingerprint density at radius 3 is 2.57 bits per heavy atom. The van der Waals surface area contributed by atoms with Crippen molar-refractivity contribution in [3.05, 3.63) is 11.4 Å². The first-order chi connectivity index (χ1) is 10.1. The molecule has 0 saturated heterocycles. The topological polar surface area (TPSA) is 67.1 Å². The Morgan fingerprint density at radius 2 is 2.05 bits per heavy atom. The molecule has 0 bridgehead atoms. The van der Waals surface area contributed by atoms with Gasteiger partial charge in [0.25, 0.3) is 0 Å². The van der Waals surface area contributed by atoms with E-state index in [1.54, 1.807) is 0 Å². The molecule has 0 aliphatic heterocycles. The van der Waals surface area contributed by atoms with Gasteiger partial charge in [0.15, 0.2) is 0 Å². The first kappa shape index (κ1) is 16.0. The van der Waals surface area contributed by atoms with Gasteiger partial charge in [0, 0.05) is 24.1 Å². The summed E-state index contributed by atoms with van der Waals surface area (Å²) in [6.45, 7) is 9.82. The molecule has 0 spiro atoms. The summed E-state index contributed by atoms with van der Waals surface area (Å²) in [5.74, 6) is 8.97. The van der Waals surface area contributed by atoms with Crippen LogP contribution in [0.1, 0.15) is 70.2 Å². The van der Waals surface area contributed by atoms with E-state index in [0.717, 1.165) is 36.0 Å². The number of nitrogens with one attached hydrogen (secondary N) is 1. The van der Waals surface area contributed by atoms with E-state index in [9.17, 15) is 0 Å². The van der Waals surface area contributed by atoms with E-state index >= 15 is 0 Å². The van der Waals surface area contributed by atoms with E-state index in [1.807, 2.05) is 0 Å². The molecule has 1 aromatic heterocycles. The highest BCUT2D eigenvalue weighted by Gasteiger charge is 2.29. The third-order valence-corrected chi connectivity index (χ3v) is 4.36. The summed E-state index contributed by atoms with van der Waals surface area (Å²) >= 11 is 0. The van der Waals surface area contributed by atoms with Crippen LogP contribution in [0.2, 0.25) is 0 Å². The van der Waals surface area contributed by atoms with Gasteiger partial charge in [0.05, 0.1) is 0 Å². The molecular formula is C16H29N5. The van der Waals surface area contributed by atoms with E-state index in [4.69, 9.17) is 10.8 Å². The number of hydrogen-bond acceptors (Lipinski definition) is 5. The molecule has 1 aliphatic carbocycles. The summed E-state index contributed by atoms with van der Waals surface area (Å²) in [5, 5.41) is 0. The largest absolute Gasteiger partial charge is 0.354 e. The highest BCUT2D eigenvalue weighted by atomic mass is 15.3. The molecule has 21 heavy (non-hydrogen) atoms. The van der Waals surface area contributed by atoms with Gasteiger partial charge in [0.2, 0.25) is 0 Å². The van der Waals surface area contributed by atoms with E-state index in [-0.39, 0.29) is 0 Å². The lowest BCUT2D eigenvalue weighted by molar-refractivity contribution is 0.586. The zero-order valence-corrected chi connectivity index (χ0v) is 13.8.